The molecule has 0 atom stereocenters. The molecule has 16 heavy (non-hydrogen) atoms. The van der Waals surface area contributed by atoms with Crippen molar-refractivity contribution in [2.45, 2.75) is 6.42 Å². The Bertz CT molecular complexity index is 391. The quantitative estimate of drug-likeness (QED) is 0.654. The zero-order valence-electron chi connectivity index (χ0n) is 8.77. The normalized spacial score (nSPS) is 9.81. The third-order valence-electron chi connectivity index (χ3n) is 2.07. The van der Waals surface area contributed by atoms with Gasteiger partial charge in [-0.05, 0) is 11.6 Å². The third-order valence-corrected chi connectivity index (χ3v) is 2.07. The summed E-state index contributed by atoms with van der Waals surface area (Å²) in [4.78, 5) is 22.3. The molecule has 1 amide bonds. The first kappa shape index (κ1) is 12.2. The fourth-order valence-electron chi connectivity index (χ4n) is 1.33. The molecule has 0 unspecified atom stereocenters. The minimum Gasteiger partial charge on any atom is -0.478 e. The van der Waals surface area contributed by atoms with Crippen molar-refractivity contribution in [3.05, 3.63) is 35.4 Å². The number of carboxylic acid groups (broad SMARTS) is 1. The number of hydrogen-bond donors (Lipinski definition) is 3. The van der Waals surface area contributed by atoms with Crippen molar-refractivity contribution in [2.24, 2.45) is 5.73 Å². The van der Waals surface area contributed by atoms with Crippen LogP contribution in [0.3, 0.4) is 0 Å². The molecular formula is C11H14N2O3. The summed E-state index contributed by atoms with van der Waals surface area (Å²) in [5.41, 5.74) is 5.90. The lowest BCUT2D eigenvalue weighted by atomic mass is 10.0. The second-order valence-electron chi connectivity index (χ2n) is 3.28. The Kier molecular flexibility index (Phi) is 4.47. The minimum absolute atomic E-state index is 0.0580. The summed E-state index contributed by atoms with van der Waals surface area (Å²) in [5.74, 6) is -1.25. The number of amides is 1. The second-order valence-corrected chi connectivity index (χ2v) is 3.28. The SMILES string of the molecule is NCCNC(=O)Cc1ccccc1C(=O)O. The van der Waals surface area contributed by atoms with Gasteiger partial charge in [0.2, 0.25) is 5.91 Å². The van der Waals surface area contributed by atoms with Crippen molar-refractivity contribution in [3.8, 4) is 0 Å². The first-order valence-corrected chi connectivity index (χ1v) is 4.93. The summed E-state index contributed by atoms with van der Waals surface area (Å²) in [6.45, 7) is 0.764. The summed E-state index contributed by atoms with van der Waals surface area (Å²) in [7, 11) is 0. The predicted molar refractivity (Wildman–Crippen MR) is 59.2 cm³/mol. The van der Waals surface area contributed by atoms with Crippen LogP contribution in [0, 0.1) is 0 Å². The van der Waals surface area contributed by atoms with Crippen molar-refractivity contribution >= 4 is 11.9 Å². The molecule has 0 aliphatic carbocycles. The average molecular weight is 222 g/mol. The molecule has 0 aromatic heterocycles. The number of carbonyl (C=O) groups is 2. The number of hydrogen-bond acceptors (Lipinski definition) is 3. The number of nitrogens with two attached hydrogens (primary N) is 1. The number of carbonyl (C=O) groups excluding carboxylic acids is 1. The molecule has 0 bridgehead atoms. The van der Waals surface area contributed by atoms with Gasteiger partial charge in [0, 0.05) is 13.1 Å². The van der Waals surface area contributed by atoms with Gasteiger partial charge in [-0.1, -0.05) is 18.2 Å². The molecule has 0 aliphatic heterocycles. The van der Waals surface area contributed by atoms with E-state index in [1.54, 1.807) is 18.2 Å². The van der Waals surface area contributed by atoms with Gasteiger partial charge in [0.25, 0.3) is 0 Å². The Hall–Kier alpha value is -1.88. The Morgan fingerprint density at radius 3 is 2.62 bits per heavy atom. The van der Waals surface area contributed by atoms with Crippen LogP contribution in [0.2, 0.25) is 0 Å². The highest BCUT2D eigenvalue weighted by molar-refractivity contribution is 5.91. The van der Waals surface area contributed by atoms with E-state index in [0.29, 0.717) is 18.7 Å². The first-order valence-electron chi connectivity index (χ1n) is 4.93. The van der Waals surface area contributed by atoms with Crippen molar-refractivity contribution in [3.63, 3.8) is 0 Å². The van der Waals surface area contributed by atoms with Gasteiger partial charge in [0.15, 0.2) is 0 Å². The van der Waals surface area contributed by atoms with E-state index < -0.39 is 5.97 Å². The van der Waals surface area contributed by atoms with Crippen LogP contribution in [0.5, 0.6) is 0 Å². The van der Waals surface area contributed by atoms with Gasteiger partial charge in [-0.25, -0.2) is 4.79 Å². The largest absolute Gasteiger partial charge is 0.478 e. The van der Waals surface area contributed by atoms with Crippen molar-refractivity contribution in [2.75, 3.05) is 13.1 Å². The molecule has 1 aromatic carbocycles. The smallest absolute Gasteiger partial charge is 0.335 e. The molecule has 0 spiro atoms. The van der Waals surface area contributed by atoms with Gasteiger partial charge < -0.3 is 16.2 Å². The molecule has 0 saturated heterocycles. The van der Waals surface area contributed by atoms with E-state index in [9.17, 15) is 9.59 Å². The summed E-state index contributed by atoms with van der Waals surface area (Å²) < 4.78 is 0. The van der Waals surface area contributed by atoms with Gasteiger partial charge >= 0.3 is 5.97 Å². The molecule has 86 valence electrons. The number of benzene rings is 1. The zero-order chi connectivity index (χ0) is 12.0. The molecule has 5 nitrogen and oxygen atoms in total. The van der Waals surface area contributed by atoms with Crippen LogP contribution < -0.4 is 11.1 Å². The number of nitrogens with one attached hydrogen (secondary N) is 1. The van der Waals surface area contributed by atoms with Gasteiger partial charge in [0.1, 0.15) is 0 Å². The Labute approximate surface area is 93.3 Å². The zero-order valence-corrected chi connectivity index (χ0v) is 8.77. The highest BCUT2D eigenvalue weighted by Gasteiger charge is 2.11. The minimum atomic E-state index is -1.03. The molecule has 0 aliphatic rings. The maximum absolute atomic E-state index is 11.4. The third kappa shape index (κ3) is 3.36. The van der Waals surface area contributed by atoms with Crippen molar-refractivity contribution < 1.29 is 14.7 Å². The second kappa shape index (κ2) is 5.87. The molecule has 0 fully saturated rings. The topological polar surface area (TPSA) is 92.4 Å². The first-order chi connectivity index (χ1) is 7.65. The summed E-state index contributed by atoms with van der Waals surface area (Å²) >= 11 is 0. The van der Waals surface area contributed by atoms with Crippen LogP contribution in [0.1, 0.15) is 15.9 Å². The Morgan fingerprint density at radius 2 is 2.00 bits per heavy atom. The monoisotopic (exact) mass is 222 g/mol. The molecule has 1 aromatic rings. The maximum Gasteiger partial charge on any atom is 0.335 e. The lowest BCUT2D eigenvalue weighted by molar-refractivity contribution is -0.120. The molecular weight excluding hydrogens is 208 g/mol. The van der Waals surface area contributed by atoms with E-state index in [1.165, 1.54) is 6.07 Å². The van der Waals surface area contributed by atoms with Crippen LogP contribution in [0.25, 0.3) is 0 Å². The lowest BCUT2D eigenvalue weighted by Gasteiger charge is -2.06. The van der Waals surface area contributed by atoms with E-state index in [1.807, 2.05) is 0 Å². The Morgan fingerprint density at radius 1 is 1.31 bits per heavy atom. The van der Waals surface area contributed by atoms with Gasteiger partial charge in [-0.15, -0.1) is 0 Å². The van der Waals surface area contributed by atoms with Crippen LogP contribution >= 0.6 is 0 Å². The fraction of sp³-hybridized carbons (Fsp3) is 0.273. The molecule has 0 radical (unpaired) electrons. The standard InChI is InChI=1S/C11H14N2O3/c12-5-6-13-10(14)7-8-3-1-2-4-9(8)11(15)16/h1-4H,5-7,12H2,(H,13,14)(H,15,16). The molecule has 1 rings (SSSR count). The number of rotatable bonds is 5. The van der Waals surface area contributed by atoms with E-state index in [4.69, 9.17) is 10.8 Å². The summed E-state index contributed by atoms with van der Waals surface area (Å²) in [6, 6.07) is 6.45. The van der Waals surface area contributed by atoms with E-state index in [0.717, 1.165) is 0 Å². The fourth-order valence-corrected chi connectivity index (χ4v) is 1.33. The summed E-state index contributed by atoms with van der Waals surface area (Å²) in [6.07, 6.45) is 0.0580. The lowest BCUT2D eigenvalue weighted by Crippen LogP contribution is -2.30. The number of aromatic carboxylic acids is 1. The predicted octanol–water partition coefficient (Wildman–Crippen LogP) is 0.00220. The van der Waals surface area contributed by atoms with E-state index in [-0.39, 0.29) is 17.9 Å². The molecule has 0 heterocycles. The van der Waals surface area contributed by atoms with Gasteiger partial charge in [-0.3, -0.25) is 4.79 Å². The van der Waals surface area contributed by atoms with Gasteiger partial charge in [0.05, 0.1) is 12.0 Å². The van der Waals surface area contributed by atoms with Crippen LogP contribution in [0.4, 0.5) is 0 Å². The average Bonchev–Trinajstić information content (AvgIpc) is 2.27. The Balaban J connectivity index is 2.73. The van der Waals surface area contributed by atoms with E-state index >= 15 is 0 Å². The van der Waals surface area contributed by atoms with E-state index in [2.05, 4.69) is 5.32 Å². The van der Waals surface area contributed by atoms with Gasteiger partial charge in [-0.2, -0.15) is 0 Å². The van der Waals surface area contributed by atoms with Crippen LogP contribution in [-0.4, -0.2) is 30.1 Å². The van der Waals surface area contributed by atoms with Crippen molar-refractivity contribution in [1.82, 2.24) is 5.32 Å². The highest BCUT2D eigenvalue weighted by atomic mass is 16.4. The molecule has 4 N–H and O–H groups in total. The van der Waals surface area contributed by atoms with Crippen molar-refractivity contribution in [1.29, 1.82) is 0 Å². The highest BCUT2D eigenvalue weighted by Crippen LogP contribution is 2.09. The number of carboxylic acids is 1. The molecule has 5 heteroatoms. The summed E-state index contributed by atoms with van der Waals surface area (Å²) in [5, 5.41) is 11.5. The van der Waals surface area contributed by atoms with Crippen LogP contribution in [0.15, 0.2) is 24.3 Å². The molecule has 0 saturated carbocycles. The van der Waals surface area contributed by atoms with Crippen LogP contribution in [-0.2, 0) is 11.2 Å². The maximum atomic E-state index is 11.4.